The fourth-order valence-electron chi connectivity index (χ4n) is 2.68. The van der Waals surface area contributed by atoms with Crippen LogP contribution in [-0.2, 0) is 6.61 Å². The monoisotopic (exact) mass is 421 g/mol. The van der Waals surface area contributed by atoms with Crippen LogP contribution in [0.25, 0.3) is 10.6 Å². The first kappa shape index (κ1) is 19.1. The van der Waals surface area contributed by atoms with E-state index in [1.165, 1.54) is 11.3 Å². The topological polar surface area (TPSA) is 64.1 Å². The lowest BCUT2D eigenvalue weighted by molar-refractivity contribution is 0.102. The molecule has 144 valence electrons. The quantitative estimate of drug-likeness (QED) is 0.434. The van der Waals surface area contributed by atoms with E-state index in [-0.39, 0.29) is 5.91 Å². The smallest absolute Gasteiger partial charge is 0.261 e. The van der Waals surface area contributed by atoms with E-state index in [1.54, 1.807) is 18.2 Å². The molecule has 1 heterocycles. The van der Waals surface area contributed by atoms with Gasteiger partial charge >= 0.3 is 0 Å². The standard InChI is InChI=1S/C22H16ClN3O2S/c23-17-11-12-19(28-14-15-7-3-1-4-8-15)18(13-17)20(27)24-22-26-25-21(29-22)16-9-5-2-6-10-16/h1-13H,14H2,(H,24,26,27). The third-order valence-corrected chi connectivity index (χ3v) is 5.21. The summed E-state index contributed by atoms with van der Waals surface area (Å²) in [5, 5.41) is 12.6. The summed E-state index contributed by atoms with van der Waals surface area (Å²) in [5.74, 6) is 0.0925. The van der Waals surface area contributed by atoms with Crippen LogP contribution in [-0.4, -0.2) is 16.1 Å². The zero-order chi connectivity index (χ0) is 20.1. The summed E-state index contributed by atoms with van der Waals surface area (Å²) in [6.45, 7) is 0.347. The lowest BCUT2D eigenvalue weighted by Gasteiger charge is -2.11. The Labute approximate surface area is 177 Å². The summed E-state index contributed by atoms with van der Waals surface area (Å²) < 4.78 is 5.86. The first-order valence-corrected chi connectivity index (χ1v) is 10.0. The number of carbonyl (C=O) groups is 1. The highest BCUT2D eigenvalue weighted by molar-refractivity contribution is 7.18. The molecule has 0 aliphatic heterocycles. The van der Waals surface area contributed by atoms with E-state index in [2.05, 4.69) is 15.5 Å². The van der Waals surface area contributed by atoms with E-state index in [4.69, 9.17) is 16.3 Å². The maximum absolute atomic E-state index is 12.8. The van der Waals surface area contributed by atoms with Crippen molar-refractivity contribution in [3.63, 3.8) is 0 Å². The van der Waals surface area contributed by atoms with Crippen LogP contribution in [0, 0.1) is 0 Å². The van der Waals surface area contributed by atoms with Gasteiger partial charge in [-0.05, 0) is 23.8 Å². The largest absolute Gasteiger partial charge is 0.488 e. The minimum absolute atomic E-state index is 0.338. The molecule has 5 nitrogen and oxygen atoms in total. The molecule has 0 radical (unpaired) electrons. The Morgan fingerprint density at radius 1 is 0.966 bits per heavy atom. The van der Waals surface area contributed by atoms with Gasteiger partial charge in [0.25, 0.3) is 5.91 Å². The molecule has 0 aliphatic carbocycles. The maximum atomic E-state index is 12.8. The van der Waals surface area contributed by atoms with Crippen LogP contribution in [0.15, 0.2) is 78.9 Å². The van der Waals surface area contributed by atoms with E-state index >= 15 is 0 Å². The summed E-state index contributed by atoms with van der Waals surface area (Å²) in [6.07, 6.45) is 0. The fraction of sp³-hybridized carbons (Fsp3) is 0.0455. The van der Waals surface area contributed by atoms with Crippen molar-refractivity contribution in [1.29, 1.82) is 0 Å². The molecule has 0 fully saturated rings. The minimum atomic E-state index is -0.355. The lowest BCUT2D eigenvalue weighted by Crippen LogP contribution is -2.13. The number of hydrogen-bond acceptors (Lipinski definition) is 5. The zero-order valence-corrected chi connectivity index (χ0v) is 16.8. The molecule has 0 aliphatic rings. The molecule has 1 N–H and O–H groups in total. The fourth-order valence-corrected chi connectivity index (χ4v) is 3.59. The van der Waals surface area contributed by atoms with Gasteiger partial charge in [0, 0.05) is 10.6 Å². The van der Waals surface area contributed by atoms with Crippen LogP contribution in [0.4, 0.5) is 5.13 Å². The molecule has 0 saturated heterocycles. The van der Waals surface area contributed by atoms with Crippen molar-refractivity contribution < 1.29 is 9.53 Å². The summed E-state index contributed by atoms with van der Waals surface area (Å²) >= 11 is 7.41. The van der Waals surface area contributed by atoms with Crippen LogP contribution in [0.3, 0.4) is 0 Å². The first-order chi connectivity index (χ1) is 14.2. The van der Waals surface area contributed by atoms with Gasteiger partial charge in [0.1, 0.15) is 17.4 Å². The third-order valence-electron chi connectivity index (χ3n) is 4.09. The number of benzene rings is 3. The number of nitrogens with zero attached hydrogens (tertiary/aromatic N) is 2. The van der Waals surface area contributed by atoms with E-state index in [0.29, 0.717) is 28.1 Å². The first-order valence-electron chi connectivity index (χ1n) is 8.85. The lowest BCUT2D eigenvalue weighted by atomic mass is 10.2. The highest BCUT2D eigenvalue weighted by Gasteiger charge is 2.16. The molecule has 0 unspecified atom stereocenters. The highest BCUT2D eigenvalue weighted by Crippen LogP contribution is 2.28. The number of anilines is 1. The molecule has 0 bridgehead atoms. The van der Waals surface area contributed by atoms with Crippen molar-refractivity contribution in [1.82, 2.24) is 10.2 Å². The minimum Gasteiger partial charge on any atom is -0.488 e. The normalized spacial score (nSPS) is 10.5. The van der Waals surface area contributed by atoms with Gasteiger partial charge in [-0.1, -0.05) is 83.6 Å². The van der Waals surface area contributed by atoms with Gasteiger partial charge in [-0.25, -0.2) is 0 Å². The molecule has 0 spiro atoms. The average molecular weight is 422 g/mol. The SMILES string of the molecule is O=C(Nc1nnc(-c2ccccc2)s1)c1cc(Cl)ccc1OCc1ccccc1. The van der Waals surface area contributed by atoms with E-state index < -0.39 is 0 Å². The number of carbonyl (C=O) groups excluding carboxylic acids is 1. The Morgan fingerprint density at radius 2 is 1.69 bits per heavy atom. The Hall–Kier alpha value is -3.22. The molecular formula is C22H16ClN3O2S. The van der Waals surface area contributed by atoms with Gasteiger partial charge in [0.05, 0.1) is 5.56 Å². The predicted molar refractivity (Wildman–Crippen MR) is 116 cm³/mol. The van der Waals surface area contributed by atoms with Crippen LogP contribution in [0.5, 0.6) is 5.75 Å². The molecule has 7 heteroatoms. The van der Waals surface area contributed by atoms with E-state index in [9.17, 15) is 4.79 Å². The van der Waals surface area contributed by atoms with Crippen LogP contribution in [0.1, 0.15) is 15.9 Å². The van der Waals surface area contributed by atoms with Gasteiger partial charge in [0.15, 0.2) is 0 Å². The second kappa shape index (κ2) is 8.86. The van der Waals surface area contributed by atoms with E-state index in [1.807, 2.05) is 60.7 Å². The average Bonchev–Trinajstić information content (AvgIpc) is 3.22. The van der Waals surface area contributed by atoms with Crippen molar-refractivity contribution in [2.45, 2.75) is 6.61 Å². The van der Waals surface area contributed by atoms with Crippen molar-refractivity contribution in [2.75, 3.05) is 5.32 Å². The van der Waals surface area contributed by atoms with Gasteiger partial charge < -0.3 is 4.74 Å². The van der Waals surface area contributed by atoms with Crippen molar-refractivity contribution >= 4 is 34.0 Å². The summed E-state index contributed by atoms with van der Waals surface area (Å²) in [6, 6.07) is 24.4. The predicted octanol–water partition coefficient (Wildman–Crippen LogP) is 5.69. The van der Waals surface area contributed by atoms with Gasteiger partial charge in [0.2, 0.25) is 5.13 Å². The van der Waals surface area contributed by atoms with Crippen molar-refractivity contribution in [3.05, 3.63) is 95.0 Å². The molecule has 4 rings (SSSR count). The Bertz CT molecular complexity index is 1120. The van der Waals surface area contributed by atoms with Crippen LogP contribution < -0.4 is 10.1 Å². The number of nitrogens with one attached hydrogen (secondary N) is 1. The number of halogens is 1. The summed E-state index contributed by atoms with van der Waals surface area (Å²) in [7, 11) is 0. The number of amides is 1. The molecule has 3 aromatic carbocycles. The Morgan fingerprint density at radius 3 is 2.45 bits per heavy atom. The maximum Gasteiger partial charge on any atom is 0.261 e. The van der Waals surface area contributed by atoms with Gasteiger partial charge in [-0.2, -0.15) is 0 Å². The van der Waals surface area contributed by atoms with Crippen LogP contribution in [0.2, 0.25) is 5.02 Å². The number of hydrogen-bond donors (Lipinski definition) is 1. The number of rotatable bonds is 6. The number of ether oxygens (including phenoxy) is 1. The highest BCUT2D eigenvalue weighted by atomic mass is 35.5. The molecule has 0 atom stereocenters. The Balaban J connectivity index is 1.51. The van der Waals surface area contributed by atoms with Gasteiger partial charge in [-0.15, -0.1) is 10.2 Å². The molecule has 29 heavy (non-hydrogen) atoms. The molecular weight excluding hydrogens is 406 g/mol. The molecule has 1 amide bonds. The summed E-state index contributed by atoms with van der Waals surface area (Å²) in [4.78, 5) is 12.8. The third kappa shape index (κ3) is 4.80. The number of aromatic nitrogens is 2. The summed E-state index contributed by atoms with van der Waals surface area (Å²) in [5.41, 5.74) is 2.29. The van der Waals surface area contributed by atoms with Gasteiger partial charge in [-0.3, -0.25) is 10.1 Å². The van der Waals surface area contributed by atoms with Crippen LogP contribution >= 0.6 is 22.9 Å². The van der Waals surface area contributed by atoms with Crippen molar-refractivity contribution in [3.8, 4) is 16.3 Å². The zero-order valence-electron chi connectivity index (χ0n) is 15.2. The molecule has 0 saturated carbocycles. The van der Waals surface area contributed by atoms with Crippen molar-refractivity contribution in [2.24, 2.45) is 0 Å². The van der Waals surface area contributed by atoms with E-state index in [0.717, 1.165) is 16.1 Å². The molecule has 4 aromatic rings. The second-order valence-electron chi connectivity index (χ2n) is 6.15. The molecule has 1 aromatic heterocycles. The second-order valence-corrected chi connectivity index (χ2v) is 7.56. The Kier molecular flexibility index (Phi) is 5.84.